The molecule has 3 aromatic heterocycles. The number of carbonyl (C=O) groups is 1. The minimum absolute atomic E-state index is 0.528. The first kappa shape index (κ1) is 13.1. The first-order valence-electron chi connectivity index (χ1n) is 6.41. The number of fused-ring (bicyclic) bond motifs is 1. The lowest BCUT2D eigenvalue weighted by atomic mass is 10.2. The highest BCUT2D eigenvalue weighted by Gasteiger charge is 2.07. The fourth-order valence-corrected chi connectivity index (χ4v) is 2.14. The van der Waals surface area contributed by atoms with Gasteiger partial charge in [0, 0.05) is 17.8 Å². The topological polar surface area (TPSA) is 69.0 Å². The second kappa shape index (κ2) is 5.24. The van der Waals surface area contributed by atoms with Crippen molar-refractivity contribution >= 4 is 22.8 Å². The van der Waals surface area contributed by atoms with Gasteiger partial charge in [-0.2, -0.15) is 0 Å². The third-order valence-electron chi connectivity index (χ3n) is 3.10. The summed E-state index contributed by atoms with van der Waals surface area (Å²) in [4.78, 5) is 19.8. The molecule has 0 aromatic carbocycles. The lowest BCUT2D eigenvalue weighted by Crippen LogP contribution is -2.11. The second-order valence-electron chi connectivity index (χ2n) is 4.66. The van der Waals surface area contributed by atoms with Crippen LogP contribution in [0.25, 0.3) is 16.7 Å². The molecule has 3 heterocycles. The Kier molecular flexibility index (Phi) is 3.27. The smallest absolute Gasteiger partial charge is 0.411 e. The van der Waals surface area contributed by atoms with E-state index in [1.807, 2.05) is 36.0 Å². The van der Waals surface area contributed by atoms with E-state index in [-0.39, 0.29) is 0 Å². The molecule has 106 valence electrons. The summed E-state index contributed by atoms with van der Waals surface area (Å²) in [6.07, 6.45) is 6.49. The number of carbonyl (C=O) groups excluding carboxylic acids is 1. The van der Waals surface area contributed by atoms with E-state index in [9.17, 15) is 4.79 Å². The number of nitrogens with zero attached hydrogens (tertiary/aromatic N) is 3. The quantitative estimate of drug-likeness (QED) is 0.784. The molecule has 21 heavy (non-hydrogen) atoms. The van der Waals surface area contributed by atoms with Crippen LogP contribution in [0, 0.1) is 6.92 Å². The van der Waals surface area contributed by atoms with Crippen LogP contribution < -0.4 is 5.32 Å². The molecule has 0 aliphatic rings. The second-order valence-corrected chi connectivity index (χ2v) is 4.66. The van der Waals surface area contributed by atoms with E-state index < -0.39 is 6.09 Å². The van der Waals surface area contributed by atoms with Crippen LogP contribution in [0.1, 0.15) is 5.56 Å². The molecule has 1 N–H and O–H groups in total. The van der Waals surface area contributed by atoms with Crippen molar-refractivity contribution in [2.24, 2.45) is 0 Å². The van der Waals surface area contributed by atoms with Crippen LogP contribution in [0.5, 0.6) is 0 Å². The van der Waals surface area contributed by atoms with Gasteiger partial charge in [-0.15, -0.1) is 0 Å². The summed E-state index contributed by atoms with van der Waals surface area (Å²) in [7, 11) is 1.32. The Morgan fingerprint density at radius 1 is 1.29 bits per heavy atom. The van der Waals surface area contributed by atoms with Crippen LogP contribution in [0.4, 0.5) is 10.5 Å². The molecule has 0 aliphatic carbocycles. The van der Waals surface area contributed by atoms with Crippen molar-refractivity contribution < 1.29 is 9.53 Å². The predicted molar refractivity (Wildman–Crippen MR) is 79.6 cm³/mol. The largest absolute Gasteiger partial charge is 0.453 e. The molecule has 1 amide bonds. The van der Waals surface area contributed by atoms with Crippen molar-refractivity contribution in [1.82, 2.24) is 14.5 Å². The normalized spacial score (nSPS) is 10.6. The van der Waals surface area contributed by atoms with Gasteiger partial charge in [-0.05, 0) is 30.7 Å². The molecule has 6 nitrogen and oxygen atoms in total. The molecule has 6 heteroatoms. The number of pyridine rings is 2. The number of aryl methyl sites for hydroxylation is 1. The summed E-state index contributed by atoms with van der Waals surface area (Å²) in [5.74, 6) is 0. The van der Waals surface area contributed by atoms with Crippen molar-refractivity contribution in [2.75, 3.05) is 12.4 Å². The summed E-state index contributed by atoms with van der Waals surface area (Å²) in [5, 5.41) is 3.65. The Morgan fingerprint density at radius 2 is 2.14 bits per heavy atom. The standard InChI is InChI=1S/C15H14N4O2/c1-10-5-11-3-4-19(14(11)17-7-10)13-6-12(8-16-9-13)18-15(20)21-2/h3-9H,1-2H3,(H,18,20). The molecule has 3 aromatic rings. The van der Waals surface area contributed by atoms with Crippen LogP contribution in [-0.4, -0.2) is 27.7 Å². The highest BCUT2D eigenvalue weighted by atomic mass is 16.5. The summed E-state index contributed by atoms with van der Waals surface area (Å²) >= 11 is 0. The Bertz CT molecular complexity index is 810. The van der Waals surface area contributed by atoms with Crippen LogP contribution in [-0.2, 0) is 4.74 Å². The molecule has 0 saturated heterocycles. The molecule has 0 spiro atoms. The first-order chi connectivity index (χ1) is 10.2. The molecule has 0 atom stereocenters. The maximum Gasteiger partial charge on any atom is 0.411 e. The molecule has 0 bridgehead atoms. The van der Waals surface area contributed by atoms with Crippen molar-refractivity contribution in [1.29, 1.82) is 0 Å². The van der Waals surface area contributed by atoms with E-state index in [2.05, 4.69) is 26.1 Å². The number of rotatable bonds is 2. The minimum Gasteiger partial charge on any atom is -0.453 e. The highest BCUT2D eigenvalue weighted by Crippen LogP contribution is 2.20. The van der Waals surface area contributed by atoms with Gasteiger partial charge in [0.1, 0.15) is 5.65 Å². The fraction of sp³-hybridized carbons (Fsp3) is 0.133. The number of amides is 1. The zero-order chi connectivity index (χ0) is 14.8. The molecule has 0 radical (unpaired) electrons. The van der Waals surface area contributed by atoms with Crippen LogP contribution in [0.15, 0.2) is 43.0 Å². The Labute approximate surface area is 121 Å². The van der Waals surface area contributed by atoms with Crippen molar-refractivity contribution in [3.63, 3.8) is 0 Å². The number of hydrogen-bond acceptors (Lipinski definition) is 4. The van der Waals surface area contributed by atoms with Gasteiger partial charge in [-0.1, -0.05) is 0 Å². The number of hydrogen-bond donors (Lipinski definition) is 1. The van der Waals surface area contributed by atoms with Gasteiger partial charge in [0.05, 0.1) is 30.9 Å². The molecule has 0 aliphatic heterocycles. The van der Waals surface area contributed by atoms with Crippen LogP contribution in [0.3, 0.4) is 0 Å². The highest BCUT2D eigenvalue weighted by molar-refractivity contribution is 5.85. The van der Waals surface area contributed by atoms with Gasteiger partial charge in [-0.3, -0.25) is 14.9 Å². The number of anilines is 1. The summed E-state index contributed by atoms with van der Waals surface area (Å²) in [5.41, 5.74) is 3.33. The van der Waals surface area contributed by atoms with Crippen LogP contribution >= 0.6 is 0 Å². The molecule has 3 rings (SSSR count). The average Bonchev–Trinajstić information content (AvgIpc) is 2.90. The molecule has 0 saturated carbocycles. The average molecular weight is 282 g/mol. The molecule has 0 unspecified atom stereocenters. The van der Waals surface area contributed by atoms with E-state index in [0.29, 0.717) is 5.69 Å². The monoisotopic (exact) mass is 282 g/mol. The lowest BCUT2D eigenvalue weighted by Gasteiger charge is -2.07. The van der Waals surface area contributed by atoms with E-state index >= 15 is 0 Å². The Morgan fingerprint density at radius 3 is 2.95 bits per heavy atom. The summed E-state index contributed by atoms with van der Waals surface area (Å²) < 4.78 is 6.49. The zero-order valence-corrected chi connectivity index (χ0v) is 11.7. The third-order valence-corrected chi connectivity index (χ3v) is 3.10. The van der Waals surface area contributed by atoms with E-state index in [0.717, 1.165) is 22.3 Å². The van der Waals surface area contributed by atoms with E-state index in [4.69, 9.17) is 0 Å². The maximum atomic E-state index is 11.2. The Balaban J connectivity index is 2.02. The summed E-state index contributed by atoms with van der Waals surface area (Å²) in [6.45, 7) is 2.01. The van der Waals surface area contributed by atoms with Gasteiger partial charge in [0.25, 0.3) is 0 Å². The first-order valence-corrected chi connectivity index (χ1v) is 6.41. The molecular formula is C15H14N4O2. The minimum atomic E-state index is -0.528. The molecule has 0 fully saturated rings. The van der Waals surface area contributed by atoms with Gasteiger partial charge >= 0.3 is 6.09 Å². The summed E-state index contributed by atoms with van der Waals surface area (Å²) in [6, 6.07) is 5.88. The van der Waals surface area contributed by atoms with Crippen LogP contribution in [0.2, 0.25) is 0 Å². The predicted octanol–water partition coefficient (Wildman–Crippen LogP) is 2.91. The van der Waals surface area contributed by atoms with Crippen molar-refractivity contribution in [2.45, 2.75) is 6.92 Å². The van der Waals surface area contributed by atoms with Gasteiger partial charge in [-0.25, -0.2) is 9.78 Å². The third kappa shape index (κ3) is 2.55. The maximum absolute atomic E-state index is 11.2. The lowest BCUT2D eigenvalue weighted by molar-refractivity contribution is 0.187. The molecular weight excluding hydrogens is 268 g/mol. The van der Waals surface area contributed by atoms with E-state index in [1.165, 1.54) is 7.11 Å². The SMILES string of the molecule is COC(=O)Nc1cncc(-n2ccc3cc(C)cnc32)c1. The van der Waals surface area contributed by atoms with Gasteiger partial charge in [0.2, 0.25) is 0 Å². The number of aromatic nitrogens is 3. The number of ether oxygens (including phenoxy) is 1. The Hall–Kier alpha value is -2.89. The van der Waals surface area contributed by atoms with E-state index in [1.54, 1.807) is 12.4 Å². The zero-order valence-electron chi connectivity index (χ0n) is 11.7. The fourth-order valence-electron chi connectivity index (χ4n) is 2.14. The van der Waals surface area contributed by atoms with Gasteiger partial charge < -0.3 is 4.74 Å². The number of methoxy groups -OCH3 is 1. The van der Waals surface area contributed by atoms with Gasteiger partial charge in [0.15, 0.2) is 0 Å². The van der Waals surface area contributed by atoms with Crippen molar-refractivity contribution in [3.05, 3.63) is 48.5 Å². The number of nitrogens with one attached hydrogen (secondary N) is 1. The van der Waals surface area contributed by atoms with Crippen molar-refractivity contribution in [3.8, 4) is 5.69 Å².